The molecule has 1 heterocycles. The maximum Gasteiger partial charge on any atom is 0.338 e. The fraction of sp³-hybridized carbons (Fsp3) is 0.167. The van der Waals surface area contributed by atoms with Gasteiger partial charge in [0.15, 0.2) is 0 Å². The van der Waals surface area contributed by atoms with Gasteiger partial charge in [0.1, 0.15) is 0 Å². The highest BCUT2D eigenvalue weighted by Gasteiger charge is 2.06. The molecule has 0 fully saturated rings. The highest BCUT2D eigenvalue weighted by molar-refractivity contribution is 8.07. The molecule has 1 aromatic carbocycles. The molecule has 1 unspecified atom stereocenters. The number of hydrogen-bond donors (Lipinski definition) is 1. The van der Waals surface area contributed by atoms with Gasteiger partial charge in [0.25, 0.3) is 0 Å². The second kappa shape index (κ2) is 4.63. The minimum absolute atomic E-state index is 0.328. The summed E-state index contributed by atoms with van der Waals surface area (Å²) in [6.45, 7) is 2.14. The van der Waals surface area contributed by atoms with E-state index in [1.165, 1.54) is 0 Å². The molecule has 0 bridgehead atoms. The number of carbonyl (C=O) groups is 1. The lowest BCUT2D eigenvalue weighted by atomic mass is 10.2. The van der Waals surface area contributed by atoms with E-state index >= 15 is 0 Å². The van der Waals surface area contributed by atoms with Gasteiger partial charge in [0, 0.05) is 4.51 Å². The van der Waals surface area contributed by atoms with Crippen LogP contribution in [0.25, 0.3) is 6.08 Å². The zero-order valence-electron chi connectivity index (χ0n) is 8.84. The summed E-state index contributed by atoms with van der Waals surface area (Å²) in [6.07, 6.45) is 3.66. The molecule has 16 heavy (non-hydrogen) atoms. The van der Waals surface area contributed by atoms with Crippen LogP contribution < -0.4 is 5.22 Å². The molecule has 0 saturated carbocycles. The lowest BCUT2D eigenvalue weighted by Crippen LogP contribution is -2.11. The standard InChI is InChI=1S/C12H12O3S/c1-2-15-12(13)10-5-6-11-9(8-10)4-3-7-16(11)14/h3-8,14H,2H2,1H3. The minimum atomic E-state index is -0.854. The molecular weight excluding hydrogens is 224 g/mol. The second-order valence-electron chi connectivity index (χ2n) is 3.28. The number of rotatable bonds is 2. The van der Waals surface area contributed by atoms with Crippen LogP contribution in [0.1, 0.15) is 17.3 Å². The van der Waals surface area contributed by atoms with Crippen LogP contribution in [-0.4, -0.2) is 17.1 Å². The van der Waals surface area contributed by atoms with Crippen molar-refractivity contribution in [3.8, 4) is 0 Å². The van der Waals surface area contributed by atoms with Crippen molar-refractivity contribution in [1.82, 2.24) is 0 Å². The molecular formula is C12H12O3S. The van der Waals surface area contributed by atoms with E-state index in [9.17, 15) is 9.35 Å². The third-order valence-electron chi connectivity index (χ3n) is 2.23. The topological polar surface area (TPSA) is 46.5 Å². The van der Waals surface area contributed by atoms with Crippen molar-refractivity contribution in [2.45, 2.75) is 6.92 Å². The zero-order valence-corrected chi connectivity index (χ0v) is 9.66. The molecule has 1 atom stereocenters. The first-order valence-electron chi connectivity index (χ1n) is 4.97. The van der Waals surface area contributed by atoms with Gasteiger partial charge in [0.05, 0.1) is 12.2 Å². The quantitative estimate of drug-likeness (QED) is 0.632. The Labute approximate surface area is 95.8 Å². The smallest absolute Gasteiger partial charge is 0.338 e. The van der Waals surface area contributed by atoms with E-state index in [1.54, 1.807) is 36.6 Å². The summed E-state index contributed by atoms with van der Waals surface area (Å²) in [4.78, 5) is 11.5. The highest BCUT2D eigenvalue weighted by atomic mass is 32.2. The van der Waals surface area contributed by atoms with Crippen molar-refractivity contribution in [3.05, 3.63) is 45.0 Å². The van der Waals surface area contributed by atoms with Crippen molar-refractivity contribution >= 4 is 22.8 Å². The maximum atomic E-state index is 11.5. The van der Waals surface area contributed by atoms with Gasteiger partial charge in [-0.15, -0.1) is 0 Å². The van der Waals surface area contributed by atoms with Crippen LogP contribution in [-0.2, 0) is 4.74 Å². The SMILES string of the molecule is CCOC(=O)c1ccc2c(c1)=CC=CS=2O. The number of benzene rings is 1. The van der Waals surface area contributed by atoms with E-state index in [1.807, 2.05) is 6.08 Å². The fourth-order valence-corrected chi connectivity index (χ4v) is 2.45. The third kappa shape index (κ3) is 2.08. The number of esters is 1. The van der Waals surface area contributed by atoms with Crippen LogP contribution in [0.2, 0.25) is 0 Å². The molecule has 0 aromatic heterocycles. The molecule has 4 heteroatoms. The van der Waals surface area contributed by atoms with Gasteiger partial charge in [-0.05, 0) is 46.5 Å². The summed E-state index contributed by atoms with van der Waals surface area (Å²) < 4.78 is 15.5. The molecule has 0 amide bonds. The van der Waals surface area contributed by atoms with Gasteiger partial charge in [-0.25, -0.2) is 4.79 Å². The molecule has 0 saturated heterocycles. The van der Waals surface area contributed by atoms with Crippen LogP contribution in [0.4, 0.5) is 0 Å². The summed E-state index contributed by atoms with van der Waals surface area (Å²) in [7, 11) is -0.854. The molecule has 0 radical (unpaired) electrons. The fourth-order valence-electron chi connectivity index (χ4n) is 1.50. The molecule has 1 aliphatic heterocycles. The average Bonchev–Trinajstić information content (AvgIpc) is 2.29. The number of ether oxygens (including phenoxy) is 1. The Bertz CT molecular complexity index is 572. The largest absolute Gasteiger partial charge is 0.462 e. The van der Waals surface area contributed by atoms with Crippen LogP contribution in [0.5, 0.6) is 0 Å². The highest BCUT2D eigenvalue weighted by Crippen LogP contribution is 2.15. The van der Waals surface area contributed by atoms with Gasteiger partial charge in [-0.2, -0.15) is 0 Å². The Balaban J connectivity index is 2.51. The summed E-state index contributed by atoms with van der Waals surface area (Å²) in [5.41, 5.74) is 0.518. The predicted octanol–water partition coefficient (Wildman–Crippen LogP) is 2.16. The van der Waals surface area contributed by atoms with Gasteiger partial charge in [-0.1, -0.05) is 12.2 Å². The summed E-state index contributed by atoms with van der Waals surface area (Å²) in [5.74, 6) is -0.328. The van der Waals surface area contributed by atoms with E-state index in [0.29, 0.717) is 12.2 Å². The Morgan fingerprint density at radius 1 is 1.50 bits per heavy atom. The summed E-state index contributed by atoms with van der Waals surface area (Å²) in [6, 6.07) is 5.19. The van der Waals surface area contributed by atoms with E-state index in [-0.39, 0.29) is 5.97 Å². The van der Waals surface area contributed by atoms with E-state index < -0.39 is 10.8 Å². The van der Waals surface area contributed by atoms with Crippen LogP contribution in [0.3, 0.4) is 0 Å². The second-order valence-corrected chi connectivity index (χ2v) is 4.62. The minimum Gasteiger partial charge on any atom is -0.462 e. The van der Waals surface area contributed by atoms with Crippen LogP contribution >= 0.6 is 10.8 Å². The number of allylic oxidation sites excluding steroid dienone is 1. The maximum absolute atomic E-state index is 11.5. The van der Waals surface area contributed by atoms with E-state index in [2.05, 4.69) is 0 Å². The zero-order chi connectivity index (χ0) is 11.5. The molecule has 0 aliphatic carbocycles. The first kappa shape index (κ1) is 11.1. The molecule has 1 aromatic rings. The molecule has 0 spiro atoms. The molecule has 2 rings (SSSR count). The van der Waals surface area contributed by atoms with Crippen LogP contribution in [0.15, 0.2) is 29.7 Å². The van der Waals surface area contributed by atoms with E-state index in [0.717, 1.165) is 9.73 Å². The summed E-state index contributed by atoms with van der Waals surface area (Å²) in [5, 5.41) is 2.60. The van der Waals surface area contributed by atoms with Crippen molar-refractivity contribution in [3.63, 3.8) is 0 Å². The summed E-state index contributed by atoms with van der Waals surface area (Å²) >= 11 is 0. The first-order chi connectivity index (χ1) is 7.72. The Hall–Kier alpha value is -1.39. The Kier molecular flexibility index (Phi) is 3.22. The van der Waals surface area contributed by atoms with E-state index in [4.69, 9.17) is 4.74 Å². The third-order valence-corrected chi connectivity index (χ3v) is 3.47. The number of hydrogen-bond acceptors (Lipinski definition) is 3. The molecule has 84 valence electrons. The van der Waals surface area contributed by atoms with Gasteiger partial charge < -0.3 is 9.29 Å². The molecule has 3 nitrogen and oxygen atoms in total. The average molecular weight is 236 g/mol. The normalized spacial score (nSPS) is 17.5. The Morgan fingerprint density at radius 2 is 2.31 bits per heavy atom. The van der Waals surface area contributed by atoms with Crippen molar-refractivity contribution in [1.29, 1.82) is 0 Å². The van der Waals surface area contributed by atoms with Gasteiger partial charge in [-0.3, -0.25) is 0 Å². The lowest BCUT2D eigenvalue weighted by molar-refractivity contribution is 0.0526. The number of fused-ring (bicyclic) bond motifs is 1. The van der Waals surface area contributed by atoms with Crippen molar-refractivity contribution in [2.75, 3.05) is 6.61 Å². The van der Waals surface area contributed by atoms with Gasteiger partial charge in [0.2, 0.25) is 0 Å². The predicted molar refractivity (Wildman–Crippen MR) is 64.7 cm³/mol. The van der Waals surface area contributed by atoms with Gasteiger partial charge >= 0.3 is 5.97 Å². The molecule has 1 N–H and O–H groups in total. The lowest BCUT2D eigenvalue weighted by Gasteiger charge is -2.04. The Morgan fingerprint density at radius 3 is 3.06 bits per heavy atom. The monoisotopic (exact) mass is 236 g/mol. The first-order valence-corrected chi connectivity index (χ1v) is 6.21. The number of carbonyl (C=O) groups excluding carboxylic acids is 1. The molecule has 1 aliphatic rings. The van der Waals surface area contributed by atoms with Crippen molar-refractivity contribution < 1.29 is 14.1 Å². The van der Waals surface area contributed by atoms with Crippen molar-refractivity contribution in [2.24, 2.45) is 0 Å². The van der Waals surface area contributed by atoms with Crippen LogP contribution in [0, 0.1) is 4.51 Å².